The van der Waals surface area contributed by atoms with E-state index in [0.29, 0.717) is 0 Å². The first kappa shape index (κ1) is 27.7. The fraction of sp³-hybridized carbons (Fsp3) is 0.882. The molecule has 16 heteroatoms. The van der Waals surface area contributed by atoms with Crippen LogP contribution < -0.4 is 5.32 Å². The van der Waals surface area contributed by atoms with E-state index in [2.05, 4.69) is 5.32 Å². The zero-order chi connectivity index (χ0) is 25.1. The summed E-state index contributed by atoms with van der Waals surface area (Å²) in [6.07, 6.45) is -18.2. The number of ether oxygens (including phenoxy) is 3. The Balaban J connectivity index is 2.43. The number of aliphatic carboxylic acids is 1. The van der Waals surface area contributed by atoms with Crippen molar-refractivity contribution in [2.75, 3.05) is 19.8 Å². The van der Waals surface area contributed by atoms with E-state index in [0.717, 1.165) is 0 Å². The quantitative estimate of drug-likeness (QED) is 0.144. The van der Waals surface area contributed by atoms with Gasteiger partial charge in [-0.05, 0) is 0 Å². The molecule has 11 atom stereocenters. The molecule has 192 valence electrons. The Hall–Kier alpha value is -1.54. The molecule has 0 saturated carbocycles. The average Bonchev–Trinajstić information content (AvgIpc) is 2.79. The van der Waals surface area contributed by atoms with Crippen LogP contribution in [0.1, 0.15) is 6.42 Å². The molecule has 0 unspecified atom stereocenters. The molecule has 0 radical (unpaired) electrons. The van der Waals surface area contributed by atoms with Crippen LogP contribution in [-0.4, -0.2) is 150 Å². The van der Waals surface area contributed by atoms with Gasteiger partial charge in [-0.3, -0.25) is 4.79 Å². The van der Waals surface area contributed by atoms with Gasteiger partial charge in [-0.25, -0.2) is 4.79 Å². The Bertz CT molecular complexity index is 681. The molecular formula is C17H29NO15. The number of rotatable bonds is 9. The summed E-state index contributed by atoms with van der Waals surface area (Å²) in [5.41, 5.74) is 0. The van der Waals surface area contributed by atoms with Crippen molar-refractivity contribution >= 4 is 11.9 Å². The lowest BCUT2D eigenvalue weighted by atomic mass is 9.88. The Labute approximate surface area is 186 Å². The van der Waals surface area contributed by atoms with Crippen LogP contribution in [0.25, 0.3) is 0 Å². The molecule has 33 heavy (non-hydrogen) atoms. The standard InChI is InChI=1S/C17H29NO15/c19-2-6(23)10(25)13-9(18-8(24)4-21)5(22)1-17(32-13,16(29)30)33-14-11(26)7(3-20)31-15(28)12(14)27/h5-7,9-15,19-23,25-28H,1-4H2,(H,18,24)(H,29,30)/t5-,6-,7+,9-,10-,11+,12+,13-,14+,15-,17+/m1/s1. The van der Waals surface area contributed by atoms with Crippen molar-refractivity contribution in [3.8, 4) is 0 Å². The minimum absolute atomic E-state index is 0.854. The SMILES string of the molecule is O=C(CO)N[C@H]1[C@H]([C@H](O)[C@H](O)CO)O[C@@](O[C@H]2[C@@H](O)[C@H](CO)O[C@@H](O)[C@H]2O)(C(=O)O)C[C@H]1O. The molecule has 2 saturated heterocycles. The van der Waals surface area contributed by atoms with Gasteiger partial charge in [-0.15, -0.1) is 0 Å². The first-order chi connectivity index (χ1) is 15.4. The third-order valence-corrected chi connectivity index (χ3v) is 5.45. The first-order valence-electron chi connectivity index (χ1n) is 9.87. The Morgan fingerprint density at radius 2 is 1.73 bits per heavy atom. The van der Waals surface area contributed by atoms with Crippen LogP contribution in [0.5, 0.6) is 0 Å². The van der Waals surface area contributed by atoms with Gasteiger partial charge in [0, 0.05) is 6.42 Å². The third kappa shape index (κ3) is 5.76. The number of carbonyl (C=O) groups is 2. The summed E-state index contributed by atoms with van der Waals surface area (Å²) in [6, 6.07) is -1.60. The highest BCUT2D eigenvalue weighted by molar-refractivity contribution is 5.78. The van der Waals surface area contributed by atoms with E-state index in [1.165, 1.54) is 0 Å². The molecule has 0 spiro atoms. The molecule has 2 fully saturated rings. The fourth-order valence-corrected chi connectivity index (χ4v) is 3.67. The molecule has 0 aliphatic carbocycles. The van der Waals surface area contributed by atoms with Gasteiger partial charge in [0.15, 0.2) is 6.29 Å². The van der Waals surface area contributed by atoms with E-state index in [1.54, 1.807) is 0 Å². The van der Waals surface area contributed by atoms with E-state index in [-0.39, 0.29) is 0 Å². The maximum atomic E-state index is 12.1. The van der Waals surface area contributed by atoms with Gasteiger partial charge in [0.2, 0.25) is 5.91 Å². The molecule has 11 N–H and O–H groups in total. The van der Waals surface area contributed by atoms with Crippen LogP contribution >= 0.6 is 0 Å². The van der Waals surface area contributed by atoms with Crippen molar-refractivity contribution in [3.05, 3.63) is 0 Å². The van der Waals surface area contributed by atoms with E-state index < -0.39 is 105 Å². The second-order valence-corrected chi connectivity index (χ2v) is 7.72. The van der Waals surface area contributed by atoms with E-state index >= 15 is 0 Å². The largest absolute Gasteiger partial charge is 0.477 e. The number of aliphatic hydroxyl groups is 9. The normalized spacial score (nSPS) is 41.2. The molecule has 2 aliphatic rings. The van der Waals surface area contributed by atoms with E-state index in [4.69, 9.17) is 24.4 Å². The van der Waals surface area contributed by atoms with Gasteiger partial charge >= 0.3 is 5.97 Å². The Morgan fingerprint density at radius 3 is 2.24 bits per heavy atom. The van der Waals surface area contributed by atoms with Gasteiger partial charge in [-0.1, -0.05) is 0 Å². The summed E-state index contributed by atoms with van der Waals surface area (Å²) in [4.78, 5) is 23.8. The molecule has 0 aromatic rings. The zero-order valence-electron chi connectivity index (χ0n) is 17.1. The molecule has 2 aliphatic heterocycles. The second-order valence-electron chi connectivity index (χ2n) is 7.72. The maximum Gasteiger partial charge on any atom is 0.364 e. The molecule has 2 rings (SSSR count). The summed E-state index contributed by atoms with van der Waals surface area (Å²) in [5.74, 6) is -5.90. The summed E-state index contributed by atoms with van der Waals surface area (Å²) in [7, 11) is 0. The predicted octanol–water partition coefficient (Wildman–Crippen LogP) is -7.08. The summed E-state index contributed by atoms with van der Waals surface area (Å²) in [6.45, 7) is -2.93. The van der Waals surface area contributed by atoms with Gasteiger partial charge in [0.05, 0.1) is 25.4 Å². The third-order valence-electron chi connectivity index (χ3n) is 5.45. The number of aliphatic hydroxyl groups excluding tert-OH is 9. The second kappa shape index (κ2) is 11.3. The first-order valence-corrected chi connectivity index (χ1v) is 9.87. The van der Waals surface area contributed by atoms with Crippen molar-refractivity contribution in [2.45, 2.75) is 73.4 Å². The lowest BCUT2D eigenvalue weighted by Crippen LogP contribution is -2.70. The lowest BCUT2D eigenvalue weighted by Gasteiger charge is -2.49. The summed E-state index contributed by atoms with van der Waals surface area (Å²) >= 11 is 0. The van der Waals surface area contributed by atoms with Gasteiger partial charge in [0.1, 0.15) is 49.3 Å². The molecule has 16 nitrogen and oxygen atoms in total. The van der Waals surface area contributed by atoms with Crippen LogP contribution in [0, 0.1) is 0 Å². The van der Waals surface area contributed by atoms with Gasteiger partial charge in [-0.2, -0.15) is 0 Å². The summed E-state index contributed by atoms with van der Waals surface area (Å²) in [5, 5.41) is 100. The van der Waals surface area contributed by atoms with Crippen molar-refractivity contribution in [1.29, 1.82) is 0 Å². The highest BCUT2D eigenvalue weighted by Gasteiger charge is 2.59. The molecule has 0 aromatic carbocycles. The number of carboxylic acid groups (broad SMARTS) is 1. The van der Waals surface area contributed by atoms with Gasteiger partial charge < -0.3 is 70.6 Å². The number of hydrogen-bond acceptors (Lipinski definition) is 14. The lowest BCUT2D eigenvalue weighted by molar-refractivity contribution is -0.366. The van der Waals surface area contributed by atoms with Crippen LogP contribution in [0.3, 0.4) is 0 Å². The van der Waals surface area contributed by atoms with Crippen molar-refractivity contribution < 1.29 is 74.9 Å². The minimum atomic E-state index is -2.93. The van der Waals surface area contributed by atoms with Crippen molar-refractivity contribution in [3.63, 3.8) is 0 Å². The molecule has 0 bridgehead atoms. The number of carbonyl (C=O) groups excluding carboxylic acids is 1. The minimum Gasteiger partial charge on any atom is -0.477 e. The van der Waals surface area contributed by atoms with E-state index in [1.807, 2.05) is 0 Å². The molecule has 0 aromatic heterocycles. The molecule has 2 heterocycles. The fourth-order valence-electron chi connectivity index (χ4n) is 3.67. The van der Waals surface area contributed by atoms with Crippen molar-refractivity contribution in [1.82, 2.24) is 5.32 Å². The monoisotopic (exact) mass is 487 g/mol. The zero-order valence-corrected chi connectivity index (χ0v) is 17.1. The van der Waals surface area contributed by atoms with Gasteiger partial charge in [0.25, 0.3) is 5.79 Å². The molecule has 1 amide bonds. The smallest absolute Gasteiger partial charge is 0.364 e. The topological polar surface area (TPSA) is 276 Å². The average molecular weight is 487 g/mol. The predicted molar refractivity (Wildman–Crippen MR) is 98.8 cm³/mol. The maximum absolute atomic E-state index is 12.1. The number of carboxylic acids is 1. The van der Waals surface area contributed by atoms with E-state index in [9.17, 15) is 50.4 Å². The molecular weight excluding hydrogens is 458 g/mol. The number of amides is 1. The Kier molecular flexibility index (Phi) is 9.45. The number of nitrogens with one attached hydrogen (secondary N) is 1. The number of hydrogen-bond donors (Lipinski definition) is 11. The van der Waals surface area contributed by atoms with Crippen LogP contribution in [0.15, 0.2) is 0 Å². The summed E-state index contributed by atoms with van der Waals surface area (Å²) < 4.78 is 15.4. The van der Waals surface area contributed by atoms with Crippen molar-refractivity contribution in [2.24, 2.45) is 0 Å². The highest BCUT2D eigenvalue weighted by atomic mass is 16.7. The highest BCUT2D eigenvalue weighted by Crippen LogP contribution is 2.37. The van der Waals surface area contributed by atoms with Crippen LogP contribution in [0.2, 0.25) is 0 Å². The van der Waals surface area contributed by atoms with Crippen LogP contribution in [-0.2, 0) is 23.8 Å². The Morgan fingerprint density at radius 1 is 1.09 bits per heavy atom. The van der Waals surface area contributed by atoms with Crippen LogP contribution in [0.4, 0.5) is 0 Å².